The van der Waals surface area contributed by atoms with Gasteiger partial charge in [-0.2, -0.15) is 0 Å². The predicted molar refractivity (Wildman–Crippen MR) is 74.9 cm³/mol. The molecule has 0 radical (unpaired) electrons. The van der Waals surface area contributed by atoms with E-state index >= 15 is 0 Å². The third kappa shape index (κ3) is 3.45. The van der Waals surface area contributed by atoms with Crippen molar-refractivity contribution in [1.82, 2.24) is 0 Å². The largest absolute Gasteiger partial charge is 0.367 e. The van der Waals surface area contributed by atoms with Crippen LogP contribution in [0.15, 0.2) is 60.7 Å². The van der Waals surface area contributed by atoms with Crippen LogP contribution in [0.25, 0.3) is 0 Å². The van der Waals surface area contributed by atoms with Crippen molar-refractivity contribution in [2.75, 3.05) is 18.5 Å². The van der Waals surface area contributed by atoms with E-state index in [1.54, 1.807) is 0 Å². The Morgan fingerprint density at radius 1 is 0.944 bits per heavy atom. The Morgan fingerprint density at radius 2 is 1.50 bits per heavy atom. The fourth-order valence-electron chi connectivity index (χ4n) is 1.92. The third-order valence-electron chi connectivity index (χ3n) is 2.85. The first-order chi connectivity index (χ1) is 8.75. The molecule has 0 spiro atoms. The Kier molecular flexibility index (Phi) is 4.13. The van der Waals surface area contributed by atoms with Crippen LogP contribution in [0.1, 0.15) is 5.56 Å². The monoisotopic (exact) mass is 239 g/mol. The van der Waals surface area contributed by atoms with E-state index in [1.165, 1.54) is 0 Å². The number of likely N-dealkylation sites (N-methyl/N-ethyl adjacent to an activating group) is 1. The molecule has 0 aliphatic carbocycles. The van der Waals surface area contributed by atoms with Crippen LogP contribution < -0.4 is 4.90 Å². The van der Waals surface area contributed by atoms with Crippen molar-refractivity contribution in [2.24, 2.45) is 0 Å². The number of benzene rings is 2. The first kappa shape index (κ1) is 12.4. The second-order valence-electron chi connectivity index (χ2n) is 4.39. The quantitative estimate of drug-likeness (QED) is 0.799. The lowest BCUT2D eigenvalue weighted by Crippen LogP contribution is -2.26. The molecule has 0 N–H and O–H groups in total. The number of para-hydroxylation sites is 1. The topological polar surface area (TPSA) is 20.3 Å². The van der Waals surface area contributed by atoms with Gasteiger partial charge in [0.2, 0.25) is 0 Å². The lowest BCUT2D eigenvalue weighted by Gasteiger charge is -2.18. The second-order valence-corrected chi connectivity index (χ2v) is 4.39. The summed E-state index contributed by atoms with van der Waals surface area (Å²) in [5.41, 5.74) is 2.14. The summed E-state index contributed by atoms with van der Waals surface area (Å²) in [6.45, 7) is 0.443. The van der Waals surface area contributed by atoms with Gasteiger partial charge >= 0.3 is 0 Å². The predicted octanol–water partition coefficient (Wildman–Crippen LogP) is 2.93. The van der Waals surface area contributed by atoms with Crippen molar-refractivity contribution in [2.45, 2.75) is 6.42 Å². The molecule has 0 aromatic heterocycles. The van der Waals surface area contributed by atoms with Crippen LogP contribution in [0.3, 0.4) is 0 Å². The molecule has 0 bridgehead atoms. The van der Waals surface area contributed by atoms with E-state index in [2.05, 4.69) is 0 Å². The van der Waals surface area contributed by atoms with Gasteiger partial charge in [0.1, 0.15) is 0 Å². The van der Waals surface area contributed by atoms with Gasteiger partial charge in [0.05, 0.1) is 6.54 Å². The minimum Gasteiger partial charge on any atom is -0.367 e. The van der Waals surface area contributed by atoms with E-state index in [-0.39, 0.29) is 5.78 Å². The fourth-order valence-corrected chi connectivity index (χ4v) is 1.92. The zero-order valence-electron chi connectivity index (χ0n) is 10.5. The molecule has 0 atom stereocenters. The second kappa shape index (κ2) is 6.01. The molecule has 0 saturated heterocycles. The average Bonchev–Trinajstić information content (AvgIpc) is 2.40. The van der Waals surface area contributed by atoms with E-state index in [4.69, 9.17) is 0 Å². The number of anilines is 1. The number of Topliss-reactive ketones (excluding diaryl/α,β-unsaturated/α-hetero) is 1. The number of rotatable bonds is 5. The standard InChI is InChI=1S/C16H17NO/c1-17(15-10-6-3-7-11-15)13-16(18)12-14-8-4-2-5-9-14/h2-11H,12-13H2,1H3. The third-order valence-corrected chi connectivity index (χ3v) is 2.85. The summed E-state index contributed by atoms with van der Waals surface area (Å²) < 4.78 is 0. The van der Waals surface area contributed by atoms with Crippen LogP contribution in [0.5, 0.6) is 0 Å². The molecule has 0 saturated carbocycles. The van der Waals surface area contributed by atoms with Crippen LogP contribution in [-0.4, -0.2) is 19.4 Å². The van der Waals surface area contributed by atoms with Gasteiger partial charge in [-0.25, -0.2) is 0 Å². The highest BCUT2D eigenvalue weighted by atomic mass is 16.1. The maximum absolute atomic E-state index is 12.0. The van der Waals surface area contributed by atoms with Crippen molar-refractivity contribution in [1.29, 1.82) is 0 Å². The average molecular weight is 239 g/mol. The van der Waals surface area contributed by atoms with Crippen LogP contribution in [0.4, 0.5) is 5.69 Å². The molecular formula is C16H17NO. The number of nitrogens with zero attached hydrogens (tertiary/aromatic N) is 1. The molecule has 2 heteroatoms. The highest BCUT2D eigenvalue weighted by Gasteiger charge is 2.07. The van der Waals surface area contributed by atoms with Crippen molar-refractivity contribution in [3.8, 4) is 0 Å². The zero-order valence-corrected chi connectivity index (χ0v) is 10.5. The van der Waals surface area contributed by atoms with Crippen LogP contribution in [0.2, 0.25) is 0 Å². The fraction of sp³-hybridized carbons (Fsp3) is 0.188. The molecule has 0 aliphatic rings. The normalized spacial score (nSPS) is 10.1. The lowest BCUT2D eigenvalue weighted by molar-refractivity contribution is -0.117. The van der Waals surface area contributed by atoms with E-state index in [0.717, 1.165) is 11.3 Å². The SMILES string of the molecule is CN(CC(=O)Cc1ccccc1)c1ccccc1. The Bertz CT molecular complexity index is 493. The summed E-state index contributed by atoms with van der Waals surface area (Å²) in [7, 11) is 1.94. The van der Waals surface area contributed by atoms with Gasteiger partial charge in [-0.05, 0) is 17.7 Å². The van der Waals surface area contributed by atoms with Crippen LogP contribution in [0, 0.1) is 0 Å². The molecule has 92 valence electrons. The molecule has 2 aromatic rings. The summed E-state index contributed by atoms with van der Waals surface area (Å²) >= 11 is 0. The van der Waals surface area contributed by atoms with Gasteiger partial charge in [-0.3, -0.25) is 4.79 Å². The summed E-state index contributed by atoms with van der Waals surface area (Å²) in [5.74, 6) is 0.229. The number of hydrogen-bond acceptors (Lipinski definition) is 2. The van der Waals surface area contributed by atoms with Gasteiger partial charge < -0.3 is 4.90 Å². The minimum absolute atomic E-state index is 0.229. The summed E-state index contributed by atoms with van der Waals surface area (Å²) in [6, 6.07) is 19.8. The van der Waals surface area contributed by atoms with Crippen molar-refractivity contribution < 1.29 is 4.79 Å². The van der Waals surface area contributed by atoms with Crippen LogP contribution in [-0.2, 0) is 11.2 Å². The van der Waals surface area contributed by atoms with Gasteiger partial charge in [-0.15, -0.1) is 0 Å². The zero-order chi connectivity index (χ0) is 12.8. The van der Waals surface area contributed by atoms with E-state index in [9.17, 15) is 4.79 Å². The smallest absolute Gasteiger partial charge is 0.156 e. The van der Waals surface area contributed by atoms with Crippen molar-refractivity contribution >= 4 is 11.5 Å². The Labute approximate surface area is 108 Å². The molecule has 2 rings (SSSR count). The molecule has 0 heterocycles. The highest BCUT2D eigenvalue weighted by molar-refractivity contribution is 5.85. The molecule has 0 amide bonds. The van der Waals surface area contributed by atoms with Gasteiger partial charge in [0.15, 0.2) is 5.78 Å². The summed E-state index contributed by atoms with van der Waals surface area (Å²) in [6.07, 6.45) is 0.498. The highest BCUT2D eigenvalue weighted by Crippen LogP contribution is 2.11. The van der Waals surface area contributed by atoms with Crippen LogP contribution >= 0.6 is 0 Å². The number of carbonyl (C=O) groups excluding carboxylic acids is 1. The molecule has 0 aliphatic heterocycles. The summed E-state index contributed by atoms with van der Waals surface area (Å²) in [5, 5.41) is 0. The number of ketones is 1. The first-order valence-electron chi connectivity index (χ1n) is 6.07. The minimum atomic E-state index is 0.229. The number of carbonyl (C=O) groups is 1. The van der Waals surface area contributed by atoms with E-state index < -0.39 is 0 Å². The van der Waals surface area contributed by atoms with Crippen molar-refractivity contribution in [3.63, 3.8) is 0 Å². The van der Waals surface area contributed by atoms with Gasteiger partial charge in [0.25, 0.3) is 0 Å². The van der Waals surface area contributed by atoms with Gasteiger partial charge in [0, 0.05) is 19.2 Å². The Morgan fingerprint density at radius 3 is 2.11 bits per heavy atom. The lowest BCUT2D eigenvalue weighted by atomic mass is 10.1. The first-order valence-corrected chi connectivity index (χ1v) is 6.07. The van der Waals surface area contributed by atoms with E-state index in [1.807, 2.05) is 72.6 Å². The molecule has 2 nitrogen and oxygen atoms in total. The molecule has 0 unspecified atom stereocenters. The van der Waals surface area contributed by atoms with Gasteiger partial charge in [-0.1, -0.05) is 48.5 Å². The van der Waals surface area contributed by atoms with E-state index in [0.29, 0.717) is 13.0 Å². The Balaban J connectivity index is 1.92. The molecule has 2 aromatic carbocycles. The molecule has 18 heavy (non-hydrogen) atoms. The summed E-state index contributed by atoms with van der Waals surface area (Å²) in [4.78, 5) is 13.9. The molecule has 0 fully saturated rings. The van der Waals surface area contributed by atoms with Crippen molar-refractivity contribution in [3.05, 3.63) is 66.2 Å². The maximum Gasteiger partial charge on any atom is 0.156 e. The number of hydrogen-bond donors (Lipinski definition) is 0. The Hall–Kier alpha value is -2.09. The molecular weight excluding hydrogens is 222 g/mol. The maximum atomic E-state index is 12.0.